The standard InChI is InChI=1S/C11H12O/c1-8-6-7-9-4-2-3-5-10(9)11(8)12/h6,12H,1-5H2. The smallest absolute Gasteiger partial charge is 0.126 e. The second-order valence-corrected chi connectivity index (χ2v) is 3.33. The Bertz CT molecular complexity index is 325. The van der Waals surface area contributed by atoms with Gasteiger partial charge in [0.2, 0.25) is 0 Å². The summed E-state index contributed by atoms with van der Waals surface area (Å²) in [6.45, 7) is 3.75. The van der Waals surface area contributed by atoms with Gasteiger partial charge in [0.15, 0.2) is 0 Å². The van der Waals surface area contributed by atoms with Crippen molar-refractivity contribution < 1.29 is 5.11 Å². The Morgan fingerprint density at radius 2 is 2.08 bits per heavy atom. The lowest BCUT2D eigenvalue weighted by atomic mass is 9.86. The Morgan fingerprint density at radius 3 is 2.92 bits per heavy atom. The molecule has 0 unspecified atom stereocenters. The van der Waals surface area contributed by atoms with Gasteiger partial charge in [-0.25, -0.2) is 0 Å². The minimum atomic E-state index is 0.392. The van der Waals surface area contributed by atoms with Crippen molar-refractivity contribution in [2.45, 2.75) is 25.7 Å². The van der Waals surface area contributed by atoms with E-state index in [1.165, 1.54) is 18.4 Å². The highest BCUT2D eigenvalue weighted by Gasteiger charge is 2.18. The number of hydrogen-bond donors (Lipinski definition) is 1. The third-order valence-electron chi connectivity index (χ3n) is 2.48. The summed E-state index contributed by atoms with van der Waals surface area (Å²) in [4.78, 5) is 0. The summed E-state index contributed by atoms with van der Waals surface area (Å²) in [5.41, 5.74) is 6.14. The number of aliphatic hydroxyl groups excluding tert-OH is 1. The molecule has 1 N–H and O–H groups in total. The van der Waals surface area contributed by atoms with E-state index in [0.29, 0.717) is 11.3 Å². The first-order valence-electron chi connectivity index (χ1n) is 4.36. The first kappa shape index (κ1) is 7.45. The van der Waals surface area contributed by atoms with E-state index in [2.05, 4.69) is 12.3 Å². The molecule has 0 amide bonds. The molecule has 1 fully saturated rings. The van der Waals surface area contributed by atoms with Crippen molar-refractivity contribution in [1.29, 1.82) is 0 Å². The lowest BCUT2D eigenvalue weighted by Crippen LogP contribution is -2.05. The zero-order valence-electron chi connectivity index (χ0n) is 7.06. The fraction of sp³-hybridized carbons (Fsp3) is 0.364. The maximum absolute atomic E-state index is 9.66. The molecule has 1 nitrogen and oxygen atoms in total. The molecule has 0 aliphatic heterocycles. The number of hydrogen-bond acceptors (Lipinski definition) is 1. The maximum Gasteiger partial charge on any atom is 0.126 e. The van der Waals surface area contributed by atoms with Gasteiger partial charge in [0.05, 0.1) is 0 Å². The molecule has 2 aliphatic rings. The molecule has 0 spiro atoms. The van der Waals surface area contributed by atoms with Crippen LogP contribution in [0.1, 0.15) is 25.7 Å². The molecule has 0 aromatic carbocycles. The van der Waals surface area contributed by atoms with Crippen LogP contribution in [-0.2, 0) is 0 Å². The van der Waals surface area contributed by atoms with E-state index >= 15 is 0 Å². The molecule has 2 rings (SSSR count). The quantitative estimate of drug-likeness (QED) is 0.540. The van der Waals surface area contributed by atoms with Crippen LogP contribution in [-0.4, -0.2) is 5.11 Å². The zero-order valence-corrected chi connectivity index (χ0v) is 7.06. The van der Waals surface area contributed by atoms with E-state index in [9.17, 15) is 5.11 Å². The van der Waals surface area contributed by atoms with E-state index < -0.39 is 0 Å². The van der Waals surface area contributed by atoms with Crippen molar-refractivity contribution in [1.82, 2.24) is 0 Å². The van der Waals surface area contributed by atoms with Crippen molar-refractivity contribution in [2.75, 3.05) is 0 Å². The second-order valence-electron chi connectivity index (χ2n) is 3.33. The van der Waals surface area contributed by atoms with E-state index in [1.54, 1.807) is 6.08 Å². The molecule has 1 heteroatoms. The Labute approximate surface area is 72.4 Å². The lowest BCUT2D eigenvalue weighted by Gasteiger charge is -2.20. The van der Waals surface area contributed by atoms with Crippen LogP contribution in [0.5, 0.6) is 0 Å². The summed E-state index contributed by atoms with van der Waals surface area (Å²) in [7, 11) is 0. The summed E-state index contributed by atoms with van der Waals surface area (Å²) in [6.07, 6.45) is 6.22. The van der Waals surface area contributed by atoms with Crippen molar-refractivity contribution in [2.24, 2.45) is 0 Å². The van der Waals surface area contributed by atoms with Crippen molar-refractivity contribution in [3.63, 3.8) is 0 Å². The average molecular weight is 160 g/mol. The molecule has 0 aromatic heterocycles. The highest BCUT2D eigenvalue weighted by Crippen LogP contribution is 2.33. The van der Waals surface area contributed by atoms with Crippen LogP contribution in [0.3, 0.4) is 0 Å². The Morgan fingerprint density at radius 1 is 1.33 bits per heavy atom. The number of aliphatic hydroxyl groups is 1. The van der Waals surface area contributed by atoms with Crippen molar-refractivity contribution >= 4 is 0 Å². The predicted molar refractivity (Wildman–Crippen MR) is 48.9 cm³/mol. The van der Waals surface area contributed by atoms with Crippen LogP contribution in [0.4, 0.5) is 0 Å². The van der Waals surface area contributed by atoms with Crippen LogP contribution in [0.25, 0.3) is 0 Å². The van der Waals surface area contributed by atoms with E-state index in [1.807, 2.05) is 0 Å². The summed E-state index contributed by atoms with van der Waals surface area (Å²) in [5.74, 6) is 0.392. The predicted octanol–water partition coefficient (Wildman–Crippen LogP) is 3.02. The van der Waals surface area contributed by atoms with Gasteiger partial charge in [0.25, 0.3) is 0 Å². The molecule has 0 radical (unpaired) electrons. The Hall–Kier alpha value is -1.20. The SMILES string of the molecule is C=C1C=C=C2CCCCC2=C1O. The topological polar surface area (TPSA) is 20.2 Å². The summed E-state index contributed by atoms with van der Waals surface area (Å²) in [6, 6.07) is 0. The molecule has 0 bridgehead atoms. The largest absolute Gasteiger partial charge is 0.507 e. The molecule has 2 aliphatic carbocycles. The molecular formula is C11H12O. The third kappa shape index (κ3) is 1.03. The zero-order chi connectivity index (χ0) is 8.55. The van der Waals surface area contributed by atoms with Gasteiger partial charge in [-0.2, -0.15) is 0 Å². The van der Waals surface area contributed by atoms with Gasteiger partial charge in [-0.15, -0.1) is 5.73 Å². The molecule has 0 atom stereocenters. The van der Waals surface area contributed by atoms with Crippen LogP contribution < -0.4 is 0 Å². The molecule has 0 heterocycles. The molecule has 0 saturated heterocycles. The maximum atomic E-state index is 9.66. The first-order valence-corrected chi connectivity index (χ1v) is 4.36. The van der Waals surface area contributed by atoms with E-state index in [-0.39, 0.29) is 0 Å². The fourth-order valence-corrected chi connectivity index (χ4v) is 1.76. The second kappa shape index (κ2) is 2.69. The Kier molecular flexibility index (Phi) is 1.67. The number of allylic oxidation sites excluding steroid dienone is 2. The van der Waals surface area contributed by atoms with Crippen molar-refractivity contribution in [3.8, 4) is 0 Å². The number of rotatable bonds is 0. The summed E-state index contributed by atoms with van der Waals surface area (Å²) >= 11 is 0. The van der Waals surface area contributed by atoms with Gasteiger partial charge in [0.1, 0.15) is 5.76 Å². The van der Waals surface area contributed by atoms with Gasteiger partial charge in [-0.3, -0.25) is 0 Å². The van der Waals surface area contributed by atoms with Gasteiger partial charge in [-0.05, 0) is 31.8 Å². The summed E-state index contributed by atoms with van der Waals surface area (Å²) in [5, 5.41) is 9.66. The normalized spacial score (nSPS) is 22.3. The fourth-order valence-electron chi connectivity index (χ4n) is 1.76. The highest BCUT2D eigenvalue weighted by atomic mass is 16.3. The molecule has 12 heavy (non-hydrogen) atoms. The number of fused-ring (bicyclic) bond motifs is 1. The lowest BCUT2D eigenvalue weighted by molar-refractivity contribution is 0.413. The molecule has 0 aromatic rings. The van der Waals surface area contributed by atoms with Crippen LogP contribution in [0.2, 0.25) is 0 Å². The van der Waals surface area contributed by atoms with Crippen LogP contribution in [0.15, 0.2) is 40.9 Å². The van der Waals surface area contributed by atoms with Crippen molar-refractivity contribution in [3.05, 3.63) is 40.9 Å². The average Bonchev–Trinajstić information content (AvgIpc) is 2.12. The third-order valence-corrected chi connectivity index (χ3v) is 2.48. The highest BCUT2D eigenvalue weighted by molar-refractivity contribution is 5.49. The van der Waals surface area contributed by atoms with E-state index in [0.717, 1.165) is 18.4 Å². The molecule has 62 valence electrons. The monoisotopic (exact) mass is 160 g/mol. The van der Waals surface area contributed by atoms with Crippen LogP contribution in [0, 0.1) is 0 Å². The van der Waals surface area contributed by atoms with Crippen LogP contribution >= 0.6 is 0 Å². The van der Waals surface area contributed by atoms with Gasteiger partial charge < -0.3 is 5.11 Å². The summed E-state index contributed by atoms with van der Waals surface area (Å²) < 4.78 is 0. The molecular weight excluding hydrogens is 148 g/mol. The molecule has 1 saturated carbocycles. The minimum absolute atomic E-state index is 0.392. The van der Waals surface area contributed by atoms with Gasteiger partial charge in [-0.1, -0.05) is 6.58 Å². The first-order chi connectivity index (χ1) is 5.79. The van der Waals surface area contributed by atoms with Gasteiger partial charge in [0, 0.05) is 16.7 Å². The Balaban J connectivity index is 2.50. The van der Waals surface area contributed by atoms with E-state index in [4.69, 9.17) is 0 Å². The van der Waals surface area contributed by atoms with Gasteiger partial charge >= 0.3 is 0 Å². The minimum Gasteiger partial charge on any atom is -0.507 e.